The Labute approximate surface area is 92.7 Å². The maximum Gasteiger partial charge on any atom is 0.275 e. The smallest absolute Gasteiger partial charge is 0.275 e. The summed E-state index contributed by atoms with van der Waals surface area (Å²) in [5, 5.41) is 2.69. The van der Waals surface area contributed by atoms with Gasteiger partial charge in [-0.3, -0.25) is 9.78 Å². The topological polar surface area (TPSA) is 83.8 Å². The Balaban J connectivity index is 2.14. The van der Waals surface area contributed by atoms with Crippen LogP contribution in [0.15, 0.2) is 36.7 Å². The number of pyridine rings is 1. The van der Waals surface area contributed by atoms with Crippen LogP contribution in [0.2, 0.25) is 0 Å². The molecule has 0 saturated carbocycles. The van der Waals surface area contributed by atoms with Gasteiger partial charge >= 0.3 is 0 Å². The van der Waals surface area contributed by atoms with Gasteiger partial charge in [0.2, 0.25) is 0 Å². The van der Waals surface area contributed by atoms with Crippen molar-refractivity contribution in [1.82, 2.24) is 9.97 Å². The molecule has 2 aromatic heterocycles. The van der Waals surface area contributed by atoms with E-state index in [9.17, 15) is 4.79 Å². The third kappa shape index (κ3) is 2.26. The van der Waals surface area contributed by atoms with Gasteiger partial charge in [-0.1, -0.05) is 0 Å². The molecule has 0 radical (unpaired) electrons. The lowest BCUT2D eigenvalue weighted by molar-refractivity contribution is 0.102. The Bertz CT molecular complexity index is 478. The second-order valence-corrected chi connectivity index (χ2v) is 3.29. The number of aromatic nitrogens is 2. The molecule has 82 valence electrons. The van der Waals surface area contributed by atoms with Crippen molar-refractivity contribution in [2.45, 2.75) is 6.54 Å². The number of carbonyl (C=O) groups excluding carboxylic acids is 1. The number of anilines is 1. The van der Waals surface area contributed by atoms with Crippen LogP contribution in [-0.4, -0.2) is 15.9 Å². The number of H-pyrrole nitrogens is 1. The highest BCUT2D eigenvalue weighted by atomic mass is 16.1. The summed E-state index contributed by atoms with van der Waals surface area (Å²) in [4.78, 5) is 18.6. The van der Waals surface area contributed by atoms with E-state index in [0.29, 0.717) is 18.1 Å². The van der Waals surface area contributed by atoms with Gasteiger partial charge in [-0.05, 0) is 29.8 Å². The van der Waals surface area contributed by atoms with Crippen molar-refractivity contribution in [3.63, 3.8) is 0 Å². The average Bonchev–Trinajstić information content (AvgIpc) is 2.82. The predicted molar refractivity (Wildman–Crippen MR) is 60.9 cm³/mol. The highest BCUT2D eigenvalue weighted by molar-refractivity contribution is 6.02. The largest absolute Gasteiger partial charge is 0.348 e. The van der Waals surface area contributed by atoms with E-state index in [-0.39, 0.29) is 5.91 Å². The zero-order valence-electron chi connectivity index (χ0n) is 8.60. The monoisotopic (exact) mass is 216 g/mol. The van der Waals surface area contributed by atoms with Crippen LogP contribution >= 0.6 is 0 Å². The molecular formula is C11H12N4O. The van der Waals surface area contributed by atoms with Crippen molar-refractivity contribution >= 4 is 11.7 Å². The molecule has 0 unspecified atom stereocenters. The number of nitrogens with one attached hydrogen (secondary N) is 2. The van der Waals surface area contributed by atoms with Gasteiger partial charge in [-0.15, -0.1) is 0 Å². The van der Waals surface area contributed by atoms with Crippen LogP contribution < -0.4 is 11.1 Å². The summed E-state index contributed by atoms with van der Waals surface area (Å²) in [5.41, 5.74) is 6.73. The minimum atomic E-state index is -0.252. The third-order valence-corrected chi connectivity index (χ3v) is 2.14. The SMILES string of the molecule is NCc1ccnc(C(=O)Nc2ccc[nH]2)c1. The molecule has 0 saturated heterocycles. The Kier molecular flexibility index (Phi) is 2.98. The molecule has 0 spiro atoms. The van der Waals surface area contributed by atoms with Gasteiger partial charge in [-0.2, -0.15) is 0 Å². The Morgan fingerprint density at radius 3 is 3.06 bits per heavy atom. The van der Waals surface area contributed by atoms with E-state index in [1.807, 2.05) is 0 Å². The summed E-state index contributed by atoms with van der Waals surface area (Å²) in [6, 6.07) is 7.04. The van der Waals surface area contributed by atoms with Crippen molar-refractivity contribution < 1.29 is 4.79 Å². The molecule has 0 aliphatic carbocycles. The van der Waals surface area contributed by atoms with E-state index < -0.39 is 0 Å². The maximum atomic E-state index is 11.7. The van der Waals surface area contributed by atoms with E-state index in [1.54, 1.807) is 36.7 Å². The van der Waals surface area contributed by atoms with Crippen molar-refractivity contribution in [3.8, 4) is 0 Å². The quantitative estimate of drug-likeness (QED) is 0.718. The fourth-order valence-electron chi connectivity index (χ4n) is 1.32. The van der Waals surface area contributed by atoms with Gasteiger partial charge in [0.25, 0.3) is 5.91 Å². The summed E-state index contributed by atoms with van der Waals surface area (Å²) in [7, 11) is 0. The third-order valence-electron chi connectivity index (χ3n) is 2.14. The van der Waals surface area contributed by atoms with E-state index in [2.05, 4.69) is 15.3 Å². The molecule has 0 aliphatic heterocycles. The number of nitrogens with two attached hydrogens (primary N) is 1. The first kappa shape index (κ1) is 10.4. The fourth-order valence-corrected chi connectivity index (χ4v) is 1.32. The lowest BCUT2D eigenvalue weighted by Gasteiger charge is -2.03. The van der Waals surface area contributed by atoms with E-state index in [1.165, 1.54) is 0 Å². The first-order valence-corrected chi connectivity index (χ1v) is 4.89. The van der Waals surface area contributed by atoms with Crippen molar-refractivity contribution in [2.24, 2.45) is 5.73 Å². The molecule has 16 heavy (non-hydrogen) atoms. The van der Waals surface area contributed by atoms with Crippen molar-refractivity contribution in [1.29, 1.82) is 0 Å². The number of hydrogen-bond acceptors (Lipinski definition) is 3. The molecular weight excluding hydrogens is 204 g/mol. The van der Waals surface area contributed by atoms with Crippen LogP contribution in [0.4, 0.5) is 5.82 Å². The second-order valence-electron chi connectivity index (χ2n) is 3.29. The summed E-state index contributed by atoms with van der Waals surface area (Å²) >= 11 is 0. The minimum Gasteiger partial charge on any atom is -0.348 e. The Morgan fingerprint density at radius 2 is 2.38 bits per heavy atom. The molecule has 2 aromatic rings. The number of hydrogen-bond donors (Lipinski definition) is 3. The molecule has 0 atom stereocenters. The van der Waals surface area contributed by atoms with Crippen molar-refractivity contribution in [2.75, 3.05) is 5.32 Å². The number of carbonyl (C=O) groups is 1. The second kappa shape index (κ2) is 4.59. The normalized spacial score (nSPS) is 10.1. The molecule has 5 heteroatoms. The van der Waals surface area contributed by atoms with Crippen LogP contribution in [0, 0.1) is 0 Å². The first-order chi connectivity index (χ1) is 7.79. The summed E-state index contributed by atoms with van der Waals surface area (Å²) in [6.45, 7) is 0.394. The molecule has 2 rings (SSSR count). The highest BCUT2D eigenvalue weighted by Gasteiger charge is 2.07. The predicted octanol–water partition coefficient (Wildman–Crippen LogP) is 1.12. The number of aromatic amines is 1. The molecule has 0 bridgehead atoms. The molecule has 4 N–H and O–H groups in total. The van der Waals surface area contributed by atoms with Crippen LogP contribution in [-0.2, 0) is 6.54 Å². The van der Waals surface area contributed by atoms with Crippen LogP contribution in [0.25, 0.3) is 0 Å². The lowest BCUT2D eigenvalue weighted by Crippen LogP contribution is -2.14. The highest BCUT2D eigenvalue weighted by Crippen LogP contribution is 2.06. The zero-order valence-corrected chi connectivity index (χ0v) is 8.60. The summed E-state index contributed by atoms with van der Waals surface area (Å²) < 4.78 is 0. The van der Waals surface area contributed by atoms with Gasteiger partial charge < -0.3 is 16.0 Å². The molecule has 5 nitrogen and oxygen atoms in total. The fraction of sp³-hybridized carbons (Fsp3) is 0.0909. The van der Waals surface area contributed by atoms with Crippen LogP contribution in [0.1, 0.15) is 16.1 Å². The number of nitrogens with zero attached hydrogens (tertiary/aromatic N) is 1. The van der Waals surface area contributed by atoms with Gasteiger partial charge in [0, 0.05) is 18.9 Å². The molecule has 1 amide bonds. The summed E-state index contributed by atoms with van der Waals surface area (Å²) in [5.74, 6) is 0.391. The zero-order chi connectivity index (χ0) is 11.4. The van der Waals surface area contributed by atoms with Crippen LogP contribution in [0.3, 0.4) is 0 Å². The standard InChI is InChI=1S/C11H12N4O/c12-7-8-3-5-13-9(6-8)11(16)15-10-2-1-4-14-10/h1-6,14H,7,12H2,(H,15,16). The molecule has 0 aromatic carbocycles. The molecule has 2 heterocycles. The number of amides is 1. The number of rotatable bonds is 3. The van der Waals surface area contributed by atoms with Gasteiger partial charge in [0.1, 0.15) is 11.5 Å². The Hall–Kier alpha value is -2.14. The lowest BCUT2D eigenvalue weighted by atomic mass is 10.2. The van der Waals surface area contributed by atoms with Crippen molar-refractivity contribution in [3.05, 3.63) is 47.9 Å². The minimum absolute atomic E-state index is 0.252. The van der Waals surface area contributed by atoms with E-state index in [4.69, 9.17) is 5.73 Å². The molecule has 0 fully saturated rings. The van der Waals surface area contributed by atoms with Crippen LogP contribution in [0.5, 0.6) is 0 Å². The summed E-state index contributed by atoms with van der Waals surface area (Å²) in [6.07, 6.45) is 3.31. The first-order valence-electron chi connectivity index (χ1n) is 4.89. The van der Waals surface area contributed by atoms with E-state index in [0.717, 1.165) is 5.56 Å². The Morgan fingerprint density at radius 1 is 1.50 bits per heavy atom. The van der Waals surface area contributed by atoms with E-state index >= 15 is 0 Å². The molecule has 0 aliphatic rings. The average molecular weight is 216 g/mol. The van der Waals surface area contributed by atoms with Gasteiger partial charge in [0.05, 0.1) is 0 Å². The van der Waals surface area contributed by atoms with Gasteiger partial charge in [-0.25, -0.2) is 0 Å². The van der Waals surface area contributed by atoms with Gasteiger partial charge in [0.15, 0.2) is 0 Å². The maximum absolute atomic E-state index is 11.7.